The summed E-state index contributed by atoms with van der Waals surface area (Å²) in [4.78, 5) is 15.2. The molecule has 0 aromatic heterocycles. The van der Waals surface area contributed by atoms with Crippen molar-refractivity contribution in [3.63, 3.8) is 0 Å². The molecule has 1 N–H and O–H groups in total. The molecule has 0 bridgehead atoms. The number of carbonyl (C=O) groups is 1. The van der Waals surface area contributed by atoms with Crippen LogP contribution in [0.3, 0.4) is 0 Å². The summed E-state index contributed by atoms with van der Waals surface area (Å²) in [6, 6.07) is 27.8. The average molecular weight is 715 g/mol. The molecule has 0 aliphatic heterocycles. The van der Waals surface area contributed by atoms with Gasteiger partial charge >= 0.3 is 0 Å². The third-order valence-electron chi connectivity index (χ3n) is 11.4. The standard InChI is InChI=1S/C43H58O7Si/c1-29-20-25-34(44)36-35(29)38(47-26-30-16-12-10-13-17-30)40(49-28-32-21-23-33(46-7)24-22-32)43(5,6)41(50-51(8,9)42(2,3)4)39(37(36)45)48-27-31-18-14-11-15-19-31/h10-19,21-24,34-36,38-41,44H,1,20,25-28H2,2-9H3/t34?,35-,36-,38+,39+,40+,41+/m1/s1. The SMILES string of the molecule is C=C1CCC(O)[C@H]2C(=O)[C@H](OCc3ccccc3)[C@H](O[Si](C)(C)C(C)(C)C)C(C)(C)[C@@H](OCc3ccc(OC)cc3)[C@@H](OCc3ccccc3)[C@H]12. The number of ether oxygens (including phenoxy) is 4. The van der Waals surface area contributed by atoms with Gasteiger partial charge < -0.3 is 28.5 Å². The number of fused-ring (bicyclic) bond motifs is 1. The van der Waals surface area contributed by atoms with Gasteiger partial charge in [0.15, 0.2) is 14.1 Å². The molecule has 3 aromatic rings. The molecule has 276 valence electrons. The Morgan fingerprint density at radius 1 is 0.784 bits per heavy atom. The largest absolute Gasteiger partial charge is 0.497 e. The molecular weight excluding hydrogens is 657 g/mol. The second-order valence-corrected chi connectivity index (χ2v) is 21.2. The van der Waals surface area contributed by atoms with E-state index in [4.69, 9.17) is 23.4 Å². The Balaban J connectivity index is 1.66. The lowest BCUT2D eigenvalue weighted by molar-refractivity contribution is -0.214. The highest BCUT2D eigenvalue weighted by Crippen LogP contribution is 2.50. The number of rotatable bonds is 12. The molecule has 2 aliphatic carbocycles. The minimum absolute atomic E-state index is 0.150. The van der Waals surface area contributed by atoms with Gasteiger partial charge in [-0.3, -0.25) is 4.79 Å². The van der Waals surface area contributed by atoms with Crippen molar-refractivity contribution in [2.45, 2.75) is 116 Å². The first-order chi connectivity index (χ1) is 24.1. The van der Waals surface area contributed by atoms with Crippen LogP contribution in [0.25, 0.3) is 0 Å². The predicted octanol–water partition coefficient (Wildman–Crippen LogP) is 8.69. The highest BCUT2D eigenvalue weighted by atomic mass is 28.4. The van der Waals surface area contributed by atoms with Gasteiger partial charge in [0.2, 0.25) is 0 Å². The number of ketones is 1. The summed E-state index contributed by atoms with van der Waals surface area (Å²) < 4.78 is 33.6. The van der Waals surface area contributed by atoms with E-state index in [2.05, 4.69) is 54.3 Å². The van der Waals surface area contributed by atoms with Crippen LogP contribution in [0.15, 0.2) is 97.1 Å². The molecule has 2 fully saturated rings. The zero-order chi connectivity index (χ0) is 37.0. The Kier molecular flexibility index (Phi) is 12.5. The summed E-state index contributed by atoms with van der Waals surface area (Å²) in [7, 11) is -0.864. The van der Waals surface area contributed by atoms with Gasteiger partial charge in [-0.15, -0.1) is 0 Å². The number of aliphatic hydroxyl groups is 1. The van der Waals surface area contributed by atoms with E-state index >= 15 is 4.79 Å². The minimum Gasteiger partial charge on any atom is -0.497 e. The van der Waals surface area contributed by atoms with Crippen LogP contribution in [0, 0.1) is 17.3 Å². The average Bonchev–Trinajstić information content (AvgIpc) is 3.10. The Labute approximate surface area is 306 Å². The van der Waals surface area contributed by atoms with Crippen LogP contribution >= 0.6 is 0 Å². The van der Waals surface area contributed by atoms with Gasteiger partial charge in [-0.05, 0) is 59.8 Å². The summed E-state index contributed by atoms with van der Waals surface area (Å²) in [6.45, 7) is 20.6. The molecule has 0 radical (unpaired) electrons. The molecule has 5 rings (SSSR count). The summed E-state index contributed by atoms with van der Waals surface area (Å²) in [5.74, 6) is -0.699. The van der Waals surface area contributed by atoms with Crippen molar-refractivity contribution in [1.29, 1.82) is 0 Å². The van der Waals surface area contributed by atoms with Crippen LogP contribution < -0.4 is 4.74 Å². The van der Waals surface area contributed by atoms with Crippen LogP contribution in [-0.4, -0.2) is 56.8 Å². The van der Waals surface area contributed by atoms with Gasteiger partial charge in [0.25, 0.3) is 0 Å². The molecular formula is C43H58O7Si. The molecule has 0 saturated heterocycles. The molecule has 51 heavy (non-hydrogen) atoms. The maximum atomic E-state index is 15.2. The van der Waals surface area contributed by atoms with Crippen LogP contribution in [-0.2, 0) is 43.3 Å². The van der Waals surface area contributed by atoms with Crippen molar-refractivity contribution in [3.8, 4) is 5.75 Å². The molecule has 1 unspecified atom stereocenters. The fourth-order valence-electron chi connectivity index (χ4n) is 7.29. The highest BCUT2D eigenvalue weighted by Gasteiger charge is 2.60. The van der Waals surface area contributed by atoms with Crippen molar-refractivity contribution in [1.82, 2.24) is 0 Å². The number of Topliss-reactive ketones (excluding diaryl/α,β-unsaturated/α-hetero) is 1. The van der Waals surface area contributed by atoms with E-state index in [1.807, 2.05) is 84.9 Å². The Hall–Kier alpha value is -3.11. The van der Waals surface area contributed by atoms with Crippen molar-refractivity contribution in [2.75, 3.05) is 7.11 Å². The molecule has 8 heteroatoms. The van der Waals surface area contributed by atoms with Gasteiger partial charge in [-0.2, -0.15) is 0 Å². The molecule has 0 spiro atoms. The van der Waals surface area contributed by atoms with E-state index in [1.165, 1.54) is 0 Å². The van der Waals surface area contributed by atoms with Crippen molar-refractivity contribution < 1.29 is 33.3 Å². The van der Waals surface area contributed by atoms with Gasteiger partial charge in [0.1, 0.15) is 11.9 Å². The third-order valence-corrected chi connectivity index (χ3v) is 15.9. The second kappa shape index (κ2) is 16.3. The smallest absolute Gasteiger partial charge is 0.192 e. The van der Waals surface area contributed by atoms with Gasteiger partial charge in [0, 0.05) is 11.3 Å². The summed E-state index contributed by atoms with van der Waals surface area (Å²) in [5.41, 5.74) is 3.01. The molecule has 0 heterocycles. The monoisotopic (exact) mass is 714 g/mol. The summed E-state index contributed by atoms with van der Waals surface area (Å²) in [5, 5.41) is 11.6. The quantitative estimate of drug-likeness (QED) is 0.149. The van der Waals surface area contributed by atoms with Gasteiger partial charge in [-0.1, -0.05) is 120 Å². The van der Waals surface area contributed by atoms with E-state index < -0.39 is 56.1 Å². The Morgan fingerprint density at radius 3 is 1.86 bits per heavy atom. The van der Waals surface area contributed by atoms with Crippen LogP contribution in [0.5, 0.6) is 5.75 Å². The van der Waals surface area contributed by atoms with Crippen LogP contribution in [0.1, 0.15) is 64.2 Å². The first kappa shape index (κ1) is 39.1. The molecule has 7 nitrogen and oxygen atoms in total. The fraction of sp³-hybridized carbons (Fsp3) is 0.512. The fourth-order valence-corrected chi connectivity index (χ4v) is 8.71. The van der Waals surface area contributed by atoms with Gasteiger partial charge in [0.05, 0.1) is 57.3 Å². The Morgan fingerprint density at radius 2 is 1.31 bits per heavy atom. The molecule has 3 aromatic carbocycles. The first-order valence-corrected chi connectivity index (χ1v) is 21.2. The Bertz CT molecular complexity index is 1580. The normalized spacial score (nSPS) is 27.0. The lowest BCUT2D eigenvalue weighted by atomic mass is 9.61. The third kappa shape index (κ3) is 8.92. The lowest BCUT2D eigenvalue weighted by Crippen LogP contribution is -2.66. The molecule has 2 aliphatic rings. The van der Waals surface area contributed by atoms with E-state index in [-0.39, 0.29) is 17.4 Å². The number of carbonyl (C=O) groups excluding carboxylic acids is 1. The first-order valence-electron chi connectivity index (χ1n) is 18.3. The molecule has 0 amide bonds. The predicted molar refractivity (Wildman–Crippen MR) is 204 cm³/mol. The maximum Gasteiger partial charge on any atom is 0.192 e. The number of methoxy groups -OCH3 is 1. The number of hydrogen-bond donors (Lipinski definition) is 1. The van der Waals surface area contributed by atoms with Crippen LogP contribution in [0.4, 0.5) is 0 Å². The summed E-state index contributed by atoms with van der Waals surface area (Å²) >= 11 is 0. The van der Waals surface area contributed by atoms with Crippen molar-refractivity contribution in [3.05, 3.63) is 114 Å². The minimum atomic E-state index is -2.52. The zero-order valence-electron chi connectivity index (χ0n) is 31.8. The van der Waals surface area contributed by atoms with E-state index in [0.29, 0.717) is 26.1 Å². The number of aliphatic hydroxyl groups excluding tert-OH is 1. The highest BCUT2D eigenvalue weighted by molar-refractivity contribution is 6.74. The zero-order valence-corrected chi connectivity index (χ0v) is 32.8. The second-order valence-electron chi connectivity index (χ2n) is 16.4. The number of hydrogen-bond acceptors (Lipinski definition) is 7. The van der Waals surface area contributed by atoms with E-state index in [1.54, 1.807) is 7.11 Å². The maximum absolute atomic E-state index is 15.2. The molecule has 2 saturated carbocycles. The molecule has 7 atom stereocenters. The number of benzene rings is 3. The lowest BCUT2D eigenvalue weighted by Gasteiger charge is -2.55. The topological polar surface area (TPSA) is 83.5 Å². The van der Waals surface area contributed by atoms with Crippen molar-refractivity contribution >= 4 is 14.1 Å². The van der Waals surface area contributed by atoms with Gasteiger partial charge in [-0.25, -0.2) is 0 Å². The summed E-state index contributed by atoms with van der Waals surface area (Å²) in [6.07, 6.45) is -2.73. The van der Waals surface area contributed by atoms with Crippen molar-refractivity contribution in [2.24, 2.45) is 17.3 Å². The van der Waals surface area contributed by atoms with Crippen LogP contribution in [0.2, 0.25) is 18.1 Å². The van der Waals surface area contributed by atoms with E-state index in [0.717, 1.165) is 28.0 Å². The van der Waals surface area contributed by atoms with E-state index in [9.17, 15) is 5.11 Å².